The second-order valence-electron chi connectivity index (χ2n) is 3.59. The monoisotopic (exact) mass is 304 g/mol. The Morgan fingerprint density at radius 1 is 1.62 bits per heavy atom. The van der Waals surface area contributed by atoms with E-state index >= 15 is 0 Å². The standard InChI is InChI=1S/C11H14BrClN2O/c1-7(4-5-14)11(16)15-10-6-8(12)2-3-9(10)13/h2-3,6-7H,4-5,14H2,1H3,(H,15,16). The lowest BCUT2D eigenvalue weighted by Gasteiger charge is -2.12. The van der Waals surface area contributed by atoms with E-state index in [1.807, 2.05) is 13.0 Å². The highest BCUT2D eigenvalue weighted by molar-refractivity contribution is 9.10. The minimum Gasteiger partial charge on any atom is -0.330 e. The van der Waals surface area contributed by atoms with Crippen LogP contribution < -0.4 is 11.1 Å². The van der Waals surface area contributed by atoms with E-state index < -0.39 is 0 Å². The van der Waals surface area contributed by atoms with Crippen molar-refractivity contribution >= 4 is 39.1 Å². The molecular weight excluding hydrogens is 291 g/mol. The van der Waals surface area contributed by atoms with Crippen LogP contribution in [0.1, 0.15) is 13.3 Å². The Hall–Kier alpha value is -0.580. The van der Waals surface area contributed by atoms with Gasteiger partial charge in [-0.15, -0.1) is 0 Å². The fraction of sp³-hybridized carbons (Fsp3) is 0.364. The van der Waals surface area contributed by atoms with E-state index in [9.17, 15) is 4.79 Å². The molecule has 0 radical (unpaired) electrons. The minimum atomic E-state index is -0.111. The zero-order valence-electron chi connectivity index (χ0n) is 8.97. The van der Waals surface area contributed by atoms with Gasteiger partial charge in [-0.1, -0.05) is 34.5 Å². The van der Waals surface area contributed by atoms with Crippen molar-refractivity contribution < 1.29 is 4.79 Å². The molecule has 0 aromatic heterocycles. The topological polar surface area (TPSA) is 55.1 Å². The number of rotatable bonds is 4. The summed E-state index contributed by atoms with van der Waals surface area (Å²) in [6.07, 6.45) is 0.664. The van der Waals surface area contributed by atoms with Crippen LogP contribution in [-0.4, -0.2) is 12.5 Å². The molecule has 0 saturated heterocycles. The second-order valence-corrected chi connectivity index (χ2v) is 4.91. The molecule has 1 unspecified atom stereocenters. The van der Waals surface area contributed by atoms with Crippen molar-refractivity contribution in [2.75, 3.05) is 11.9 Å². The number of nitrogens with two attached hydrogens (primary N) is 1. The molecule has 1 rings (SSSR count). The van der Waals surface area contributed by atoms with Gasteiger partial charge in [-0.3, -0.25) is 4.79 Å². The Balaban J connectivity index is 2.72. The number of anilines is 1. The summed E-state index contributed by atoms with van der Waals surface area (Å²) in [4.78, 5) is 11.7. The first kappa shape index (κ1) is 13.5. The molecule has 5 heteroatoms. The van der Waals surface area contributed by atoms with Crippen LogP contribution in [0.15, 0.2) is 22.7 Å². The quantitative estimate of drug-likeness (QED) is 0.898. The van der Waals surface area contributed by atoms with Gasteiger partial charge in [0.25, 0.3) is 0 Å². The SMILES string of the molecule is CC(CCN)C(=O)Nc1cc(Br)ccc1Cl. The van der Waals surface area contributed by atoms with Gasteiger partial charge >= 0.3 is 0 Å². The molecule has 3 nitrogen and oxygen atoms in total. The summed E-state index contributed by atoms with van der Waals surface area (Å²) in [5, 5.41) is 3.30. The molecule has 1 aromatic rings. The predicted octanol–water partition coefficient (Wildman–Crippen LogP) is 3.03. The molecule has 1 amide bonds. The Bertz CT molecular complexity index is 384. The number of amides is 1. The Kier molecular flexibility index (Phi) is 5.25. The summed E-state index contributed by atoms with van der Waals surface area (Å²) in [5.74, 6) is -0.175. The van der Waals surface area contributed by atoms with Crippen molar-refractivity contribution in [3.63, 3.8) is 0 Å². The van der Waals surface area contributed by atoms with Crippen molar-refractivity contribution in [2.24, 2.45) is 11.7 Å². The van der Waals surface area contributed by atoms with Crippen molar-refractivity contribution in [1.82, 2.24) is 0 Å². The van der Waals surface area contributed by atoms with E-state index in [-0.39, 0.29) is 11.8 Å². The van der Waals surface area contributed by atoms with Gasteiger partial charge in [0.1, 0.15) is 0 Å². The van der Waals surface area contributed by atoms with Crippen molar-refractivity contribution in [3.8, 4) is 0 Å². The van der Waals surface area contributed by atoms with Crippen molar-refractivity contribution in [2.45, 2.75) is 13.3 Å². The molecule has 0 spiro atoms. The van der Waals surface area contributed by atoms with Crippen LogP contribution in [-0.2, 0) is 4.79 Å². The Labute approximate surface area is 108 Å². The first-order chi connectivity index (χ1) is 7.54. The van der Waals surface area contributed by atoms with E-state index in [1.54, 1.807) is 12.1 Å². The lowest BCUT2D eigenvalue weighted by Crippen LogP contribution is -2.22. The van der Waals surface area contributed by atoms with Crippen LogP contribution in [0.2, 0.25) is 5.02 Å². The Morgan fingerprint density at radius 2 is 2.31 bits per heavy atom. The predicted molar refractivity (Wildman–Crippen MR) is 70.6 cm³/mol. The molecular formula is C11H14BrClN2O. The molecule has 1 aromatic carbocycles. The summed E-state index contributed by atoms with van der Waals surface area (Å²) >= 11 is 9.29. The molecule has 88 valence electrons. The molecule has 0 saturated carbocycles. The van der Waals surface area contributed by atoms with Gasteiger partial charge in [0.15, 0.2) is 0 Å². The highest BCUT2D eigenvalue weighted by Crippen LogP contribution is 2.26. The third kappa shape index (κ3) is 3.77. The smallest absolute Gasteiger partial charge is 0.227 e. The highest BCUT2D eigenvalue weighted by atomic mass is 79.9. The van der Waals surface area contributed by atoms with Gasteiger partial charge in [0.05, 0.1) is 10.7 Å². The maximum atomic E-state index is 11.7. The zero-order valence-corrected chi connectivity index (χ0v) is 11.3. The van der Waals surface area contributed by atoms with Gasteiger partial charge in [0.2, 0.25) is 5.91 Å². The molecule has 0 aliphatic carbocycles. The second kappa shape index (κ2) is 6.23. The summed E-state index contributed by atoms with van der Waals surface area (Å²) < 4.78 is 0.874. The molecule has 16 heavy (non-hydrogen) atoms. The van der Waals surface area contributed by atoms with E-state index in [0.717, 1.165) is 4.47 Å². The van der Waals surface area contributed by atoms with Gasteiger partial charge in [-0.25, -0.2) is 0 Å². The van der Waals surface area contributed by atoms with E-state index in [1.165, 1.54) is 0 Å². The van der Waals surface area contributed by atoms with Gasteiger partial charge in [-0.05, 0) is 31.2 Å². The minimum absolute atomic E-state index is 0.0644. The average molecular weight is 306 g/mol. The Morgan fingerprint density at radius 3 is 2.94 bits per heavy atom. The highest BCUT2D eigenvalue weighted by Gasteiger charge is 2.13. The number of hydrogen-bond donors (Lipinski definition) is 2. The van der Waals surface area contributed by atoms with Crippen LogP contribution in [0.3, 0.4) is 0 Å². The summed E-state index contributed by atoms with van der Waals surface area (Å²) in [5.41, 5.74) is 6.02. The number of benzene rings is 1. The maximum Gasteiger partial charge on any atom is 0.227 e. The van der Waals surface area contributed by atoms with Crippen LogP contribution in [0.5, 0.6) is 0 Å². The van der Waals surface area contributed by atoms with Crippen LogP contribution >= 0.6 is 27.5 Å². The van der Waals surface area contributed by atoms with Crippen molar-refractivity contribution in [1.29, 1.82) is 0 Å². The van der Waals surface area contributed by atoms with Crippen molar-refractivity contribution in [3.05, 3.63) is 27.7 Å². The molecule has 0 aliphatic rings. The number of carbonyl (C=O) groups is 1. The molecule has 3 N–H and O–H groups in total. The van der Waals surface area contributed by atoms with E-state index in [0.29, 0.717) is 23.7 Å². The fourth-order valence-corrected chi connectivity index (χ4v) is 1.76. The van der Waals surface area contributed by atoms with E-state index in [4.69, 9.17) is 17.3 Å². The van der Waals surface area contributed by atoms with Gasteiger partial charge < -0.3 is 11.1 Å². The average Bonchev–Trinajstić information content (AvgIpc) is 2.23. The normalized spacial score (nSPS) is 12.2. The van der Waals surface area contributed by atoms with Gasteiger partial charge in [-0.2, -0.15) is 0 Å². The van der Waals surface area contributed by atoms with Crippen LogP contribution in [0, 0.1) is 5.92 Å². The number of hydrogen-bond acceptors (Lipinski definition) is 2. The van der Waals surface area contributed by atoms with E-state index in [2.05, 4.69) is 21.2 Å². The molecule has 1 atom stereocenters. The third-order valence-electron chi connectivity index (χ3n) is 2.23. The molecule has 0 bridgehead atoms. The lowest BCUT2D eigenvalue weighted by atomic mass is 10.1. The third-order valence-corrected chi connectivity index (χ3v) is 3.06. The largest absolute Gasteiger partial charge is 0.330 e. The fourth-order valence-electron chi connectivity index (χ4n) is 1.23. The summed E-state index contributed by atoms with van der Waals surface area (Å²) in [6.45, 7) is 2.34. The lowest BCUT2D eigenvalue weighted by molar-refractivity contribution is -0.119. The number of carbonyl (C=O) groups excluding carboxylic acids is 1. The summed E-state index contributed by atoms with van der Waals surface area (Å²) in [6, 6.07) is 5.32. The van der Waals surface area contributed by atoms with Crippen LogP contribution in [0.25, 0.3) is 0 Å². The molecule has 0 fully saturated rings. The van der Waals surface area contributed by atoms with Gasteiger partial charge in [0, 0.05) is 10.4 Å². The molecule has 0 heterocycles. The summed E-state index contributed by atoms with van der Waals surface area (Å²) in [7, 11) is 0. The number of halogens is 2. The zero-order chi connectivity index (χ0) is 12.1. The first-order valence-electron chi connectivity index (χ1n) is 5.00. The first-order valence-corrected chi connectivity index (χ1v) is 6.17. The molecule has 0 aliphatic heterocycles. The van der Waals surface area contributed by atoms with Crippen LogP contribution in [0.4, 0.5) is 5.69 Å². The number of nitrogens with one attached hydrogen (secondary N) is 1. The maximum absolute atomic E-state index is 11.7.